The zero-order valence-corrected chi connectivity index (χ0v) is 21.0. The number of hydrogen-bond donors (Lipinski definition) is 1. The number of ether oxygens (including phenoxy) is 2. The molecule has 0 saturated heterocycles. The van der Waals surface area contributed by atoms with E-state index in [-0.39, 0.29) is 17.1 Å². The summed E-state index contributed by atoms with van der Waals surface area (Å²) in [6.45, 7) is 3.91. The molecule has 0 unspecified atom stereocenters. The highest BCUT2D eigenvalue weighted by Gasteiger charge is 2.18. The van der Waals surface area contributed by atoms with Gasteiger partial charge < -0.3 is 9.47 Å². The highest BCUT2D eigenvalue weighted by Crippen LogP contribution is 2.30. The average Bonchev–Trinajstić information content (AvgIpc) is 2.74. The van der Waals surface area contributed by atoms with Gasteiger partial charge in [-0.05, 0) is 99.3 Å². The van der Waals surface area contributed by atoms with Gasteiger partial charge in [-0.15, -0.1) is 0 Å². The Morgan fingerprint density at radius 1 is 1.03 bits per heavy atom. The fourth-order valence-corrected chi connectivity index (χ4v) is 5.17. The maximum atomic E-state index is 12.6. The van der Waals surface area contributed by atoms with Crippen molar-refractivity contribution in [3.8, 4) is 11.5 Å². The van der Waals surface area contributed by atoms with Crippen LogP contribution in [0.3, 0.4) is 0 Å². The van der Waals surface area contributed by atoms with Gasteiger partial charge in [-0.1, -0.05) is 24.8 Å². The Bertz CT molecular complexity index is 1220. The molecular formula is C22H16I2O6S. The minimum Gasteiger partial charge on any atom is -0.489 e. The van der Waals surface area contributed by atoms with Crippen molar-refractivity contribution in [3.05, 3.63) is 91.1 Å². The van der Waals surface area contributed by atoms with Crippen molar-refractivity contribution in [2.24, 2.45) is 0 Å². The zero-order chi connectivity index (χ0) is 22.6. The monoisotopic (exact) mass is 662 g/mol. The van der Waals surface area contributed by atoms with Crippen LogP contribution in [0, 0.1) is 7.14 Å². The highest BCUT2D eigenvalue weighted by atomic mass is 127. The third kappa shape index (κ3) is 6.28. The highest BCUT2D eigenvalue weighted by molar-refractivity contribution is 14.1. The number of carbonyl (C=O) groups is 1. The number of halogens is 2. The van der Waals surface area contributed by atoms with E-state index in [1.807, 2.05) is 36.4 Å². The van der Waals surface area contributed by atoms with E-state index < -0.39 is 16.1 Å². The molecule has 0 aliphatic carbocycles. The second-order valence-electron chi connectivity index (χ2n) is 6.33. The summed E-state index contributed by atoms with van der Waals surface area (Å²) in [5, 5.41) is 0. The van der Waals surface area contributed by atoms with Gasteiger partial charge in [0.2, 0.25) is 0 Å². The molecule has 3 aromatic carbocycles. The first-order chi connectivity index (χ1) is 14.7. The van der Waals surface area contributed by atoms with Crippen LogP contribution in [0.4, 0.5) is 0 Å². The predicted molar refractivity (Wildman–Crippen MR) is 134 cm³/mol. The molecule has 0 aromatic heterocycles. The van der Waals surface area contributed by atoms with Crippen LogP contribution in [0.25, 0.3) is 6.08 Å². The second-order valence-corrected chi connectivity index (χ2v) is 10.2. The molecule has 9 heteroatoms. The summed E-state index contributed by atoms with van der Waals surface area (Å²) in [6.07, 6.45) is 1.74. The molecule has 3 aromatic rings. The molecule has 0 spiro atoms. The van der Waals surface area contributed by atoms with Crippen LogP contribution in [0.1, 0.15) is 21.5 Å². The Labute approximate surface area is 207 Å². The summed E-state index contributed by atoms with van der Waals surface area (Å²) in [6, 6.07) is 16.0. The molecule has 0 bridgehead atoms. The standard InChI is InChI=1S/C22H16I2O6S/c1-2-14-3-7-18(8-4-14)29-13-16-11-17(23)12-20(24)21(16)30-22(25)15-5-9-19(10-6-15)31(26,27)28/h2-12H,1,13H2,(H,26,27,28). The molecule has 0 amide bonds. The third-order valence-electron chi connectivity index (χ3n) is 4.18. The Hall–Kier alpha value is -1.96. The summed E-state index contributed by atoms with van der Waals surface area (Å²) in [4.78, 5) is 12.3. The molecule has 6 nitrogen and oxygen atoms in total. The van der Waals surface area contributed by atoms with Gasteiger partial charge >= 0.3 is 5.97 Å². The summed E-state index contributed by atoms with van der Waals surface area (Å²) in [5.74, 6) is 0.378. The molecule has 0 radical (unpaired) electrons. The minimum atomic E-state index is -4.34. The lowest BCUT2D eigenvalue weighted by molar-refractivity contribution is 0.0729. The Balaban J connectivity index is 1.81. The molecule has 0 saturated carbocycles. The van der Waals surface area contributed by atoms with Crippen molar-refractivity contribution in [3.63, 3.8) is 0 Å². The predicted octanol–water partition coefficient (Wildman–Crippen LogP) is 5.58. The first kappa shape index (κ1) is 23.7. The average molecular weight is 662 g/mol. The maximum Gasteiger partial charge on any atom is 0.343 e. The van der Waals surface area contributed by atoms with Gasteiger partial charge in [0.25, 0.3) is 10.1 Å². The lowest BCUT2D eigenvalue weighted by Gasteiger charge is -2.14. The molecule has 0 aliphatic heterocycles. The number of hydrogen-bond acceptors (Lipinski definition) is 5. The molecule has 160 valence electrons. The van der Waals surface area contributed by atoms with E-state index in [0.717, 1.165) is 24.8 Å². The zero-order valence-electron chi connectivity index (χ0n) is 15.9. The molecule has 3 rings (SSSR count). The molecule has 0 fully saturated rings. The Morgan fingerprint density at radius 2 is 1.68 bits per heavy atom. The van der Waals surface area contributed by atoms with Crippen molar-refractivity contribution in [1.82, 2.24) is 0 Å². The largest absolute Gasteiger partial charge is 0.489 e. The van der Waals surface area contributed by atoms with E-state index in [2.05, 4.69) is 51.8 Å². The summed E-state index contributed by atoms with van der Waals surface area (Å²) in [7, 11) is -4.34. The number of esters is 1. The van der Waals surface area contributed by atoms with E-state index in [9.17, 15) is 13.2 Å². The fraction of sp³-hybridized carbons (Fsp3) is 0.0455. The van der Waals surface area contributed by atoms with E-state index in [1.165, 1.54) is 12.1 Å². The van der Waals surface area contributed by atoms with Gasteiger partial charge in [0.05, 0.1) is 14.0 Å². The van der Waals surface area contributed by atoms with E-state index in [1.54, 1.807) is 6.08 Å². The normalized spacial score (nSPS) is 11.1. The van der Waals surface area contributed by atoms with E-state index >= 15 is 0 Å². The van der Waals surface area contributed by atoms with Crippen molar-refractivity contribution >= 4 is 67.3 Å². The van der Waals surface area contributed by atoms with Crippen LogP contribution in [0.15, 0.2) is 72.1 Å². The lowest BCUT2D eigenvalue weighted by atomic mass is 10.2. The van der Waals surface area contributed by atoms with Crippen molar-refractivity contribution in [2.75, 3.05) is 0 Å². The van der Waals surface area contributed by atoms with Gasteiger partial charge in [0.1, 0.15) is 12.4 Å². The molecule has 0 heterocycles. The topological polar surface area (TPSA) is 89.9 Å². The lowest BCUT2D eigenvalue weighted by Crippen LogP contribution is -2.12. The van der Waals surface area contributed by atoms with Crippen LogP contribution < -0.4 is 9.47 Å². The Morgan fingerprint density at radius 3 is 2.26 bits per heavy atom. The van der Waals surface area contributed by atoms with Crippen LogP contribution in [-0.2, 0) is 16.7 Å². The maximum absolute atomic E-state index is 12.6. The summed E-state index contributed by atoms with van der Waals surface area (Å²) >= 11 is 4.26. The summed E-state index contributed by atoms with van der Waals surface area (Å²) in [5.41, 5.74) is 1.81. The van der Waals surface area contributed by atoms with Crippen LogP contribution in [0.5, 0.6) is 11.5 Å². The quantitative estimate of drug-likeness (QED) is 0.154. The fourth-order valence-electron chi connectivity index (χ4n) is 2.61. The molecule has 0 atom stereocenters. The second kappa shape index (κ2) is 10.1. The van der Waals surface area contributed by atoms with Crippen molar-refractivity contribution < 1.29 is 27.2 Å². The number of benzene rings is 3. The van der Waals surface area contributed by atoms with E-state index in [4.69, 9.17) is 14.0 Å². The number of rotatable bonds is 7. The van der Waals surface area contributed by atoms with Gasteiger partial charge in [0.15, 0.2) is 5.75 Å². The number of carbonyl (C=O) groups excluding carboxylic acids is 1. The van der Waals surface area contributed by atoms with Gasteiger partial charge in [0, 0.05) is 9.13 Å². The molecule has 0 aliphatic rings. The molecule has 31 heavy (non-hydrogen) atoms. The first-order valence-corrected chi connectivity index (χ1v) is 12.4. The van der Waals surface area contributed by atoms with Crippen molar-refractivity contribution in [2.45, 2.75) is 11.5 Å². The van der Waals surface area contributed by atoms with Crippen molar-refractivity contribution in [1.29, 1.82) is 0 Å². The van der Waals surface area contributed by atoms with Crippen LogP contribution in [0.2, 0.25) is 0 Å². The molecular weight excluding hydrogens is 646 g/mol. The summed E-state index contributed by atoms with van der Waals surface area (Å²) < 4.78 is 44.6. The van der Waals surface area contributed by atoms with E-state index in [0.29, 0.717) is 17.1 Å². The first-order valence-electron chi connectivity index (χ1n) is 8.80. The van der Waals surface area contributed by atoms with Gasteiger partial charge in [-0.3, -0.25) is 4.55 Å². The van der Waals surface area contributed by atoms with Gasteiger partial charge in [-0.2, -0.15) is 8.42 Å². The Kier molecular flexibility index (Phi) is 7.73. The van der Waals surface area contributed by atoms with Gasteiger partial charge in [-0.25, -0.2) is 4.79 Å². The smallest absolute Gasteiger partial charge is 0.343 e. The molecule has 1 N–H and O–H groups in total. The third-order valence-corrected chi connectivity index (χ3v) is 6.47. The van der Waals surface area contributed by atoms with Crippen LogP contribution >= 0.6 is 45.2 Å². The SMILES string of the molecule is C=Cc1ccc(OCc2cc(I)cc(I)c2OC(=O)c2ccc(S(=O)(=O)O)cc2)cc1. The minimum absolute atomic E-state index is 0.147. The van der Waals surface area contributed by atoms with Crippen LogP contribution in [-0.4, -0.2) is 18.9 Å².